The number of nitrogens with zero attached hydrogens (tertiary/aromatic N) is 7. The summed E-state index contributed by atoms with van der Waals surface area (Å²) in [5.74, 6) is -1.02. The number of anilines is 1. The number of pyridine rings is 1. The molecular formula is C56H77N9O8S. The molecule has 17 nitrogen and oxygen atoms in total. The molecule has 400 valence electrons. The van der Waals surface area contributed by atoms with Gasteiger partial charge in [-0.05, 0) is 108 Å². The van der Waals surface area contributed by atoms with Crippen LogP contribution in [0.5, 0.6) is 0 Å². The highest BCUT2D eigenvalue weighted by Gasteiger charge is 2.45. The quantitative estimate of drug-likeness (QED) is 0.142. The van der Waals surface area contributed by atoms with E-state index in [9.17, 15) is 9.59 Å². The molecule has 9 heterocycles. The van der Waals surface area contributed by atoms with Crippen molar-refractivity contribution >= 4 is 45.7 Å². The number of nitrogens with one attached hydrogen (secondary N) is 2. The van der Waals surface area contributed by atoms with Gasteiger partial charge in [-0.25, -0.2) is 10.4 Å². The number of methoxy groups -OCH3 is 1. The number of rotatable bonds is 12. The van der Waals surface area contributed by atoms with Gasteiger partial charge in [-0.2, -0.15) is 0 Å². The Balaban J connectivity index is 1.06. The number of likely N-dealkylation sites (tertiary alicyclic amines) is 1. The van der Waals surface area contributed by atoms with Crippen molar-refractivity contribution in [1.29, 1.82) is 0 Å². The van der Waals surface area contributed by atoms with Crippen LogP contribution in [0.1, 0.15) is 120 Å². The minimum atomic E-state index is -0.997. The average molecular weight is 1040 g/mol. The summed E-state index contributed by atoms with van der Waals surface area (Å²) in [4.78, 5) is 61.6. The molecule has 18 heteroatoms. The van der Waals surface area contributed by atoms with Gasteiger partial charge in [0.2, 0.25) is 5.91 Å². The van der Waals surface area contributed by atoms with Crippen LogP contribution in [0.25, 0.3) is 33.4 Å². The van der Waals surface area contributed by atoms with Crippen molar-refractivity contribution in [3.8, 4) is 22.5 Å². The zero-order valence-corrected chi connectivity index (χ0v) is 45.0. The molecule has 0 spiro atoms. The molecule has 6 fully saturated rings. The number of amides is 2. The van der Waals surface area contributed by atoms with E-state index in [1.54, 1.807) is 12.1 Å². The first kappa shape index (κ1) is 51.6. The summed E-state index contributed by atoms with van der Waals surface area (Å²) in [6.07, 6.45) is 10.8. The molecule has 4 aromatic rings. The minimum Gasteiger partial charge on any atom is -0.464 e. The number of ether oxygens (including phenoxy) is 5. The van der Waals surface area contributed by atoms with Crippen LogP contribution in [0.3, 0.4) is 0 Å². The highest BCUT2D eigenvalue weighted by molar-refractivity contribution is 7.10. The van der Waals surface area contributed by atoms with Crippen LogP contribution >= 0.6 is 11.3 Å². The number of fused-ring (bicyclic) bond motifs is 6. The van der Waals surface area contributed by atoms with Gasteiger partial charge < -0.3 is 38.5 Å². The monoisotopic (exact) mass is 1040 g/mol. The van der Waals surface area contributed by atoms with E-state index < -0.39 is 35.6 Å². The Hall–Kier alpha value is -4.53. The van der Waals surface area contributed by atoms with Crippen molar-refractivity contribution in [2.75, 3.05) is 84.3 Å². The number of benzene rings is 1. The molecule has 6 bridgehead atoms. The number of cyclic esters (lactones) is 1. The Morgan fingerprint density at radius 2 is 1.76 bits per heavy atom. The van der Waals surface area contributed by atoms with E-state index >= 15 is 4.79 Å². The predicted molar refractivity (Wildman–Crippen MR) is 284 cm³/mol. The molecule has 7 aliphatic rings. The first-order chi connectivity index (χ1) is 35.9. The van der Waals surface area contributed by atoms with E-state index in [0.29, 0.717) is 58.6 Å². The predicted octanol–water partition coefficient (Wildman–Crippen LogP) is 6.82. The van der Waals surface area contributed by atoms with Crippen LogP contribution in [-0.2, 0) is 51.0 Å². The molecule has 2 amide bonds. The Kier molecular flexibility index (Phi) is 15.5. The van der Waals surface area contributed by atoms with Crippen LogP contribution in [0.15, 0.2) is 35.8 Å². The van der Waals surface area contributed by atoms with E-state index in [0.717, 1.165) is 133 Å². The van der Waals surface area contributed by atoms with E-state index in [2.05, 4.69) is 80.4 Å². The molecule has 0 unspecified atom stereocenters. The Morgan fingerprint density at radius 1 is 0.973 bits per heavy atom. The number of hydrogen-bond donors (Lipinski definition) is 2. The van der Waals surface area contributed by atoms with E-state index in [4.69, 9.17) is 33.7 Å². The van der Waals surface area contributed by atoms with Crippen molar-refractivity contribution < 1.29 is 38.1 Å². The first-order valence-corrected chi connectivity index (χ1v) is 28.6. The lowest BCUT2D eigenvalue weighted by atomic mass is 9.84. The minimum absolute atomic E-state index is 0.0291. The number of aromatic nitrogens is 3. The largest absolute Gasteiger partial charge is 0.464 e. The molecule has 2 N–H and O–H groups in total. The SMILES string of the molecule is CO[C@@H](C)c1ncc(N2CCN(C3CC3)CC2)cc1-c1c2c3cc(ccc3n1CCOC1CCOCC1)-c1csc(n1)[C@@H](N1CCCCC1)[C@H](NC(=O)[C@H]1C[C@@H](C)O1)C(=O)N1CCC[C@H](N1)C(=O)OCC(C)(C)C2. The molecule has 5 saturated heterocycles. The van der Waals surface area contributed by atoms with Crippen molar-refractivity contribution in [2.45, 2.75) is 153 Å². The summed E-state index contributed by atoms with van der Waals surface area (Å²) in [5, 5.41) is 8.65. The normalized spacial score (nSPS) is 27.1. The van der Waals surface area contributed by atoms with Crippen LogP contribution < -0.4 is 15.6 Å². The highest BCUT2D eigenvalue weighted by atomic mass is 32.1. The van der Waals surface area contributed by atoms with E-state index in [1.807, 2.05) is 13.1 Å². The van der Waals surface area contributed by atoms with Crippen LogP contribution in [0.4, 0.5) is 5.69 Å². The van der Waals surface area contributed by atoms with Gasteiger partial charge in [-0.15, -0.1) is 11.3 Å². The Labute approximate surface area is 439 Å². The molecule has 6 atom stereocenters. The smallest absolute Gasteiger partial charge is 0.324 e. The summed E-state index contributed by atoms with van der Waals surface area (Å²) < 4.78 is 33.1. The third-order valence-electron chi connectivity index (χ3n) is 16.6. The van der Waals surface area contributed by atoms with Crippen LogP contribution in [-0.4, -0.2) is 163 Å². The Bertz CT molecular complexity index is 2640. The van der Waals surface area contributed by atoms with Gasteiger partial charge >= 0.3 is 5.97 Å². The number of hydrogen-bond acceptors (Lipinski definition) is 15. The lowest BCUT2D eigenvalue weighted by Gasteiger charge is -2.42. The number of esters is 1. The topological polar surface area (TPSA) is 165 Å². The molecule has 11 rings (SSSR count). The van der Waals surface area contributed by atoms with E-state index in [1.165, 1.54) is 24.2 Å². The fourth-order valence-corrected chi connectivity index (χ4v) is 13.2. The second-order valence-corrected chi connectivity index (χ2v) is 23.6. The second kappa shape index (κ2) is 22.2. The molecule has 1 aromatic carbocycles. The molecular weight excluding hydrogens is 959 g/mol. The zero-order chi connectivity index (χ0) is 51.1. The number of hydrazine groups is 1. The molecule has 1 saturated carbocycles. The summed E-state index contributed by atoms with van der Waals surface area (Å²) >= 11 is 1.53. The lowest BCUT2D eigenvalue weighted by Crippen LogP contribution is -2.64. The average Bonchev–Trinajstić information content (AvgIpc) is 4.09. The fourth-order valence-electron chi connectivity index (χ4n) is 12.2. The van der Waals surface area contributed by atoms with Crippen molar-refractivity contribution in [1.82, 2.24) is 40.1 Å². The highest BCUT2D eigenvalue weighted by Crippen LogP contribution is 2.44. The first-order valence-electron chi connectivity index (χ1n) is 27.7. The van der Waals surface area contributed by atoms with E-state index in [-0.39, 0.29) is 36.7 Å². The van der Waals surface area contributed by atoms with Gasteiger partial charge in [-0.3, -0.25) is 34.2 Å². The molecule has 3 aromatic heterocycles. The maximum absolute atomic E-state index is 15.1. The number of piperidine rings is 1. The van der Waals surface area contributed by atoms with Crippen molar-refractivity contribution in [2.24, 2.45) is 5.41 Å². The zero-order valence-electron chi connectivity index (χ0n) is 44.2. The van der Waals surface area contributed by atoms with Crippen LogP contribution in [0.2, 0.25) is 0 Å². The van der Waals surface area contributed by atoms with Gasteiger partial charge in [0.25, 0.3) is 5.91 Å². The maximum atomic E-state index is 15.1. The number of carbonyl (C=O) groups is 3. The number of carbonyl (C=O) groups excluding carboxylic acids is 3. The number of thiazole rings is 1. The number of piperazine rings is 1. The van der Waals surface area contributed by atoms with Gasteiger partial charge in [0.1, 0.15) is 23.2 Å². The molecule has 1 aliphatic carbocycles. The molecule has 6 aliphatic heterocycles. The van der Waals surface area contributed by atoms with Crippen LogP contribution in [0, 0.1) is 5.41 Å². The van der Waals surface area contributed by atoms with Gasteiger partial charge in [0.15, 0.2) is 0 Å². The molecule has 0 radical (unpaired) electrons. The summed E-state index contributed by atoms with van der Waals surface area (Å²) in [6.45, 7) is 16.8. The van der Waals surface area contributed by atoms with Gasteiger partial charge in [0, 0.05) is 105 Å². The Morgan fingerprint density at radius 3 is 2.50 bits per heavy atom. The van der Waals surface area contributed by atoms with Crippen molar-refractivity contribution in [3.63, 3.8) is 0 Å². The van der Waals surface area contributed by atoms with Gasteiger partial charge in [0.05, 0.1) is 66.5 Å². The maximum Gasteiger partial charge on any atom is 0.324 e. The third-order valence-corrected chi connectivity index (χ3v) is 17.5. The second-order valence-electron chi connectivity index (χ2n) is 22.7. The summed E-state index contributed by atoms with van der Waals surface area (Å²) in [5.41, 5.74) is 10.7. The summed E-state index contributed by atoms with van der Waals surface area (Å²) in [7, 11) is 1.75. The fraction of sp³-hybridized carbons (Fsp3) is 0.661. The van der Waals surface area contributed by atoms with Crippen molar-refractivity contribution in [3.05, 3.63) is 52.1 Å². The standard InChI is InChI=1S/C56H77N9O8S/c1-35-28-47(73-35)52(66)59-49-51(63-17-7-6-8-18-63)53-58-45(33-74-53)37-11-14-46-41(29-37)43(31-56(3,4)34-72-55(68)44-10-9-19-65(60-44)54(49)67)50(64(46)24-27-71-40-15-25-70-26-16-40)42-30-39(32-57-48(42)36(2)69-5)62-22-20-61(21-23-62)38-12-13-38/h11,14,29-30,32-33,35-36,38,40,44,47,49,51,60H,6-10,12-13,15-28,31,34H2,1-5H3,(H,59,66)/t35-,36+,44+,47-,49+,51+/m1/s1. The molecule has 74 heavy (non-hydrogen) atoms. The summed E-state index contributed by atoms with van der Waals surface area (Å²) in [6, 6.07) is 7.43. The lowest BCUT2D eigenvalue weighted by molar-refractivity contribution is -0.163. The van der Waals surface area contributed by atoms with Gasteiger partial charge in [-0.1, -0.05) is 26.3 Å². The third kappa shape index (κ3) is 11.0.